The number of benzene rings is 1. The molecule has 1 fully saturated rings. The van der Waals surface area contributed by atoms with E-state index in [1.165, 1.54) is 19.3 Å². The van der Waals surface area contributed by atoms with Gasteiger partial charge in [-0.1, -0.05) is 18.2 Å². The van der Waals surface area contributed by atoms with Crippen LogP contribution in [-0.4, -0.2) is 34.3 Å². The highest BCUT2D eigenvalue weighted by atomic mass is 16.5. The molecule has 1 saturated heterocycles. The van der Waals surface area contributed by atoms with Gasteiger partial charge in [-0.2, -0.15) is 9.61 Å². The van der Waals surface area contributed by atoms with Gasteiger partial charge in [-0.05, 0) is 46.1 Å². The molecular formula is C21H26N4O. The van der Waals surface area contributed by atoms with Crippen LogP contribution in [0.25, 0.3) is 16.8 Å². The molecule has 1 aliphatic heterocycles. The Morgan fingerprint density at radius 1 is 1.15 bits per heavy atom. The van der Waals surface area contributed by atoms with Gasteiger partial charge in [0.25, 0.3) is 0 Å². The number of aryl methyl sites for hydroxylation is 2. The molecule has 2 aromatic heterocycles. The maximum Gasteiger partial charge on any atom is 0.165 e. The standard InChI is InChI=1S/C21H26N4O/c1-14-13-19(24-12-8-7-9-15(24)2)25-21(22-14)20(16(3)23-25)17-10-5-6-11-18(17)26-4/h5-6,10-11,13,15H,7-9,12H2,1-4H3/t15-/m0/s1. The Bertz CT molecular complexity index is 947. The fourth-order valence-corrected chi connectivity index (χ4v) is 4.03. The number of para-hydroxylation sites is 1. The van der Waals surface area contributed by atoms with E-state index in [1.807, 2.05) is 22.7 Å². The van der Waals surface area contributed by atoms with Crippen molar-refractivity contribution in [2.75, 3.05) is 18.6 Å². The molecule has 136 valence electrons. The summed E-state index contributed by atoms with van der Waals surface area (Å²) < 4.78 is 7.61. The Hall–Kier alpha value is -2.56. The highest BCUT2D eigenvalue weighted by molar-refractivity contribution is 5.84. The van der Waals surface area contributed by atoms with Crippen LogP contribution in [0.3, 0.4) is 0 Å². The van der Waals surface area contributed by atoms with Crippen molar-refractivity contribution in [3.63, 3.8) is 0 Å². The first-order chi connectivity index (χ1) is 12.6. The summed E-state index contributed by atoms with van der Waals surface area (Å²) in [6.45, 7) is 7.49. The number of hydrogen-bond donors (Lipinski definition) is 0. The Labute approximate surface area is 154 Å². The van der Waals surface area contributed by atoms with Crippen molar-refractivity contribution in [2.45, 2.75) is 46.1 Å². The van der Waals surface area contributed by atoms with Crippen LogP contribution in [-0.2, 0) is 0 Å². The van der Waals surface area contributed by atoms with E-state index < -0.39 is 0 Å². The molecule has 0 radical (unpaired) electrons. The van der Waals surface area contributed by atoms with Crippen molar-refractivity contribution in [2.24, 2.45) is 0 Å². The molecule has 0 aliphatic carbocycles. The van der Waals surface area contributed by atoms with Gasteiger partial charge in [0.15, 0.2) is 5.65 Å². The number of hydrogen-bond acceptors (Lipinski definition) is 4. The summed E-state index contributed by atoms with van der Waals surface area (Å²) in [4.78, 5) is 7.32. The second-order valence-corrected chi connectivity index (χ2v) is 7.19. The lowest BCUT2D eigenvalue weighted by Crippen LogP contribution is -2.38. The van der Waals surface area contributed by atoms with Crippen LogP contribution in [0, 0.1) is 13.8 Å². The number of rotatable bonds is 3. The van der Waals surface area contributed by atoms with E-state index in [0.717, 1.165) is 46.3 Å². The maximum absolute atomic E-state index is 5.59. The van der Waals surface area contributed by atoms with Crippen LogP contribution in [0.15, 0.2) is 30.3 Å². The van der Waals surface area contributed by atoms with E-state index in [1.54, 1.807) is 7.11 Å². The zero-order chi connectivity index (χ0) is 18.3. The summed E-state index contributed by atoms with van der Waals surface area (Å²) in [6, 6.07) is 10.8. The van der Waals surface area contributed by atoms with E-state index in [9.17, 15) is 0 Å². The Morgan fingerprint density at radius 3 is 2.73 bits per heavy atom. The molecule has 5 nitrogen and oxygen atoms in total. The first-order valence-electron chi connectivity index (χ1n) is 9.37. The van der Waals surface area contributed by atoms with Gasteiger partial charge in [0, 0.05) is 29.9 Å². The topological polar surface area (TPSA) is 42.7 Å². The van der Waals surface area contributed by atoms with Crippen molar-refractivity contribution < 1.29 is 4.74 Å². The SMILES string of the molecule is COc1ccccc1-c1c(C)nn2c(N3CCCC[C@@H]3C)cc(C)nc12. The highest BCUT2D eigenvalue weighted by Crippen LogP contribution is 2.36. The lowest BCUT2D eigenvalue weighted by molar-refractivity contribution is 0.416. The minimum Gasteiger partial charge on any atom is -0.496 e. The van der Waals surface area contributed by atoms with Gasteiger partial charge in [-0.15, -0.1) is 0 Å². The molecule has 0 unspecified atom stereocenters. The van der Waals surface area contributed by atoms with Crippen LogP contribution in [0.5, 0.6) is 5.75 Å². The fraction of sp³-hybridized carbons (Fsp3) is 0.429. The summed E-state index contributed by atoms with van der Waals surface area (Å²) >= 11 is 0. The number of methoxy groups -OCH3 is 1. The van der Waals surface area contributed by atoms with Crippen molar-refractivity contribution in [3.8, 4) is 16.9 Å². The zero-order valence-corrected chi connectivity index (χ0v) is 16.0. The lowest BCUT2D eigenvalue weighted by Gasteiger charge is -2.35. The van der Waals surface area contributed by atoms with E-state index in [2.05, 4.69) is 37.8 Å². The number of piperidine rings is 1. The smallest absolute Gasteiger partial charge is 0.165 e. The van der Waals surface area contributed by atoms with Gasteiger partial charge in [-0.25, -0.2) is 4.98 Å². The molecule has 5 heteroatoms. The first kappa shape index (κ1) is 16.9. The van der Waals surface area contributed by atoms with E-state index in [0.29, 0.717) is 6.04 Å². The number of aromatic nitrogens is 3. The predicted octanol–water partition coefficient (Wildman–Crippen LogP) is 4.40. The molecule has 3 aromatic rings. The Morgan fingerprint density at radius 2 is 1.96 bits per heavy atom. The molecule has 1 aliphatic rings. The largest absolute Gasteiger partial charge is 0.496 e. The maximum atomic E-state index is 5.59. The Kier molecular flexibility index (Phi) is 4.31. The molecule has 26 heavy (non-hydrogen) atoms. The summed E-state index contributed by atoms with van der Waals surface area (Å²) in [5.74, 6) is 1.99. The van der Waals surface area contributed by atoms with Gasteiger partial charge >= 0.3 is 0 Å². The van der Waals surface area contributed by atoms with Gasteiger partial charge in [-0.3, -0.25) is 0 Å². The monoisotopic (exact) mass is 350 g/mol. The van der Waals surface area contributed by atoms with Crippen LogP contribution >= 0.6 is 0 Å². The number of anilines is 1. The third kappa shape index (κ3) is 2.71. The van der Waals surface area contributed by atoms with Crippen molar-refractivity contribution >= 4 is 11.5 Å². The van der Waals surface area contributed by atoms with Crippen molar-refractivity contribution in [1.29, 1.82) is 0 Å². The summed E-state index contributed by atoms with van der Waals surface area (Å²) in [6.07, 6.45) is 3.75. The third-order valence-corrected chi connectivity index (χ3v) is 5.35. The average Bonchev–Trinajstić information content (AvgIpc) is 2.97. The average molecular weight is 350 g/mol. The van der Waals surface area contributed by atoms with Gasteiger partial charge in [0.05, 0.1) is 18.4 Å². The lowest BCUT2D eigenvalue weighted by atomic mass is 10.0. The molecule has 0 bridgehead atoms. The van der Waals surface area contributed by atoms with Crippen LogP contribution in [0.1, 0.15) is 37.6 Å². The number of fused-ring (bicyclic) bond motifs is 1. The van der Waals surface area contributed by atoms with Crippen LogP contribution in [0.2, 0.25) is 0 Å². The highest BCUT2D eigenvalue weighted by Gasteiger charge is 2.24. The molecule has 0 spiro atoms. The summed E-state index contributed by atoms with van der Waals surface area (Å²) in [5, 5.41) is 4.87. The van der Waals surface area contributed by atoms with Gasteiger partial charge in [0.1, 0.15) is 11.6 Å². The van der Waals surface area contributed by atoms with E-state index >= 15 is 0 Å². The number of ether oxygens (including phenoxy) is 1. The minimum absolute atomic E-state index is 0.521. The van der Waals surface area contributed by atoms with E-state index in [4.69, 9.17) is 14.8 Å². The fourth-order valence-electron chi connectivity index (χ4n) is 4.03. The van der Waals surface area contributed by atoms with Crippen LogP contribution in [0.4, 0.5) is 5.82 Å². The second kappa shape index (κ2) is 6.63. The molecular weight excluding hydrogens is 324 g/mol. The molecule has 1 atom stereocenters. The number of nitrogens with zero attached hydrogens (tertiary/aromatic N) is 4. The molecule has 0 saturated carbocycles. The molecule has 4 rings (SSSR count). The molecule has 1 aromatic carbocycles. The second-order valence-electron chi connectivity index (χ2n) is 7.19. The summed E-state index contributed by atoms with van der Waals surface area (Å²) in [5.41, 5.74) is 4.98. The third-order valence-electron chi connectivity index (χ3n) is 5.35. The Balaban J connectivity index is 1.96. The van der Waals surface area contributed by atoms with Crippen molar-refractivity contribution in [1.82, 2.24) is 14.6 Å². The predicted molar refractivity (Wildman–Crippen MR) is 105 cm³/mol. The minimum atomic E-state index is 0.521. The quantitative estimate of drug-likeness (QED) is 0.702. The van der Waals surface area contributed by atoms with E-state index in [-0.39, 0.29) is 0 Å². The first-order valence-corrected chi connectivity index (χ1v) is 9.37. The molecule has 0 N–H and O–H groups in total. The van der Waals surface area contributed by atoms with Crippen molar-refractivity contribution in [3.05, 3.63) is 41.7 Å². The van der Waals surface area contributed by atoms with Gasteiger partial charge < -0.3 is 9.64 Å². The van der Waals surface area contributed by atoms with Gasteiger partial charge in [0.2, 0.25) is 0 Å². The normalized spacial score (nSPS) is 17.7. The summed E-state index contributed by atoms with van der Waals surface area (Å²) in [7, 11) is 1.71. The van der Waals surface area contributed by atoms with Crippen LogP contribution < -0.4 is 9.64 Å². The molecule has 3 heterocycles. The molecule has 0 amide bonds. The zero-order valence-electron chi connectivity index (χ0n) is 16.0.